The fourth-order valence-electron chi connectivity index (χ4n) is 4.07. The first kappa shape index (κ1) is 14.3. The molecule has 1 heterocycles. The van der Waals surface area contributed by atoms with Gasteiger partial charge in [0.25, 0.3) is 0 Å². The summed E-state index contributed by atoms with van der Waals surface area (Å²) in [5.74, 6) is 0. The molecule has 0 amide bonds. The van der Waals surface area contributed by atoms with Gasteiger partial charge in [-0.2, -0.15) is 0 Å². The molecule has 1 saturated heterocycles. The summed E-state index contributed by atoms with van der Waals surface area (Å²) in [5.41, 5.74) is 0.821. The first-order valence-corrected chi connectivity index (χ1v) is 8.11. The monoisotopic (exact) mass is 252 g/mol. The van der Waals surface area contributed by atoms with Gasteiger partial charge in [0.05, 0.1) is 0 Å². The Bertz CT molecular complexity index is 266. The molecule has 1 aliphatic heterocycles. The van der Waals surface area contributed by atoms with E-state index in [2.05, 4.69) is 37.9 Å². The van der Waals surface area contributed by atoms with Gasteiger partial charge in [0, 0.05) is 30.2 Å². The molecule has 106 valence electrons. The van der Waals surface area contributed by atoms with Crippen LogP contribution in [0.2, 0.25) is 0 Å². The minimum Gasteiger partial charge on any atom is -0.308 e. The molecule has 0 aromatic heterocycles. The summed E-state index contributed by atoms with van der Waals surface area (Å²) in [6.07, 6.45) is 9.48. The zero-order valence-electron chi connectivity index (χ0n) is 12.9. The van der Waals surface area contributed by atoms with E-state index in [1.807, 2.05) is 0 Å². The van der Waals surface area contributed by atoms with Crippen LogP contribution in [-0.4, -0.2) is 35.1 Å². The van der Waals surface area contributed by atoms with E-state index in [1.165, 1.54) is 58.0 Å². The lowest BCUT2D eigenvalue weighted by Crippen LogP contribution is -2.70. The van der Waals surface area contributed by atoms with Gasteiger partial charge in [0.1, 0.15) is 0 Å². The highest BCUT2D eigenvalue weighted by molar-refractivity contribution is 5.06. The summed E-state index contributed by atoms with van der Waals surface area (Å²) in [4.78, 5) is 2.86. The van der Waals surface area contributed by atoms with Gasteiger partial charge in [-0.3, -0.25) is 4.90 Å². The van der Waals surface area contributed by atoms with Gasteiger partial charge in [0.15, 0.2) is 0 Å². The number of nitrogens with zero attached hydrogens (tertiary/aromatic N) is 1. The van der Waals surface area contributed by atoms with Gasteiger partial charge in [-0.05, 0) is 39.0 Å². The molecule has 2 nitrogen and oxygen atoms in total. The Labute approximate surface area is 114 Å². The van der Waals surface area contributed by atoms with Crippen LogP contribution in [0.1, 0.15) is 72.6 Å². The van der Waals surface area contributed by atoms with Gasteiger partial charge < -0.3 is 5.32 Å². The largest absolute Gasteiger partial charge is 0.308 e. The van der Waals surface area contributed by atoms with Crippen LogP contribution < -0.4 is 5.32 Å². The molecule has 1 saturated carbocycles. The predicted octanol–water partition coefficient (Wildman–Crippen LogP) is 3.56. The third-order valence-electron chi connectivity index (χ3n) is 5.72. The molecule has 0 bridgehead atoms. The molecular weight excluding hydrogens is 220 g/mol. The quantitative estimate of drug-likeness (QED) is 0.823. The topological polar surface area (TPSA) is 15.3 Å². The Morgan fingerprint density at radius 3 is 2.22 bits per heavy atom. The minimum atomic E-state index is 0.366. The Kier molecular flexibility index (Phi) is 4.38. The van der Waals surface area contributed by atoms with Crippen LogP contribution in [0.15, 0.2) is 0 Å². The lowest BCUT2D eigenvalue weighted by molar-refractivity contribution is -0.0211. The molecule has 0 aromatic carbocycles. The Hall–Kier alpha value is -0.0800. The number of hydrogen-bond acceptors (Lipinski definition) is 2. The lowest BCUT2D eigenvalue weighted by Gasteiger charge is -2.55. The first-order chi connectivity index (χ1) is 8.59. The number of hydrogen-bond donors (Lipinski definition) is 1. The van der Waals surface area contributed by atoms with E-state index >= 15 is 0 Å². The average molecular weight is 252 g/mol. The highest BCUT2D eigenvalue weighted by Gasteiger charge is 2.46. The number of rotatable bonds is 4. The molecule has 2 heteroatoms. The van der Waals surface area contributed by atoms with Gasteiger partial charge in [-0.25, -0.2) is 0 Å². The second-order valence-corrected chi connectivity index (χ2v) is 6.79. The van der Waals surface area contributed by atoms with Gasteiger partial charge in [-0.15, -0.1) is 0 Å². The van der Waals surface area contributed by atoms with E-state index in [0.29, 0.717) is 11.1 Å². The molecule has 1 spiro atoms. The lowest BCUT2D eigenvalue weighted by atomic mass is 9.83. The van der Waals surface area contributed by atoms with Crippen LogP contribution >= 0.6 is 0 Å². The molecule has 1 unspecified atom stereocenters. The predicted molar refractivity (Wildman–Crippen MR) is 79.0 cm³/mol. The summed E-state index contributed by atoms with van der Waals surface area (Å²) in [7, 11) is 0. The fourth-order valence-corrected chi connectivity index (χ4v) is 4.07. The van der Waals surface area contributed by atoms with E-state index in [-0.39, 0.29) is 0 Å². The maximum Gasteiger partial charge on any atom is 0.0309 e. The van der Waals surface area contributed by atoms with Crippen LogP contribution in [0.3, 0.4) is 0 Å². The highest BCUT2D eigenvalue weighted by atomic mass is 15.3. The summed E-state index contributed by atoms with van der Waals surface area (Å²) in [6, 6.07) is 0.773. The molecule has 18 heavy (non-hydrogen) atoms. The molecule has 1 N–H and O–H groups in total. The van der Waals surface area contributed by atoms with Crippen molar-refractivity contribution in [1.82, 2.24) is 10.2 Å². The molecule has 2 fully saturated rings. The van der Waals surface area contributed by atoms with Crippen molar-refractivity contribution in [3.05, 3.63) is 0 Å². The second-order valence-electron chi connectivity index (χ2n) is 6.79. The van der Waals surface area contributed by atoms with Crippen molar-refractivity contribution in [2.24, 2.45) is 0 Å². The summed E-state index contributed by atoms with van der Waals surface area (Å²) < 4.78 is 0. The van der Waals surface area contributed by atoms with E-state index < -0.39 is 0 Å². The maximum absolute atomic E-state index is 3.93. The summed E-state index contributed by atoms with van der Waals surface area (Å²) in [6.45, 7) is 12.0. The van der Waals surface area contributed by atoms with Crippen molar-refractivity contribution in [1.29, 1.82) is 0 Å². The zero-order valence-corrected chi connectivity index (χ0v) is 12.9. The van der Waals surface area contributed by atoms with Gasteiger partial charge in [-0.1, -0.05) is 33.6 Å². The van der Waals surface area contributed by atoms with Crippen LogP contribution in [-0.2, 0) is 0 Å². The van der Waals surface area contributed by atoms with Crippen molar-refractivity contribution >= 4 is 0 Å². The van der Waals surface area contributed by atoms with Crippen LogP contribution in [0.4, 0.5) is 0 Å². The summed E-state index contributed by atoms with van der Waals surface area (Å²) >= 11 is 0. The van der Waals surface area contributed by atoms with Crippen molar-refractivity contribution in [2.75, 3.05) is 13.1 Å². The molecule has 2 rings (SSSR count). The van der Waals surface area contributed by atoms with Crippen LogP contribution in [0, 0.1) is 0 Å². The third-order valence-corrected chi connectivity index (χ3v) is 5.72. The molecule has 0 aromatic rings. The SMILES string of the molecule is CCC(CC)N1CC2(CCCC2)NCC1(C)CC. The third kappa shape index (κ3) is 2.46. The van der Waals surface area contributed by atoms with Gasteiger partial charge >= 0.3 is 0 Å². The zero-order chi connectivity index (χ0) is 13.2. The van der Waals surface area contributed by atoms with Crippen molar-refractivity contribution in [3.8, 4) is 0 Å². The minimum absolute atomic E-state index is 0.366. The van der Waals surface area contributed by atoms with Crippen molar-refractivity contribution in [3.63, 3.8) is 0 Å². The second kappa shape index (κ2) is 5.50. The van der Waals surface area contributed by atoms with E-state index in [1.54, 1.807) is 0 Å². The van der Waals surface area contributed by atoms with E-state index in [0.717, 1.165) is 6.04 Å². The molecule has 1 aliphatic carbocycles. The fraction of sp³-hybridized carbons (Fsp3) is 1.00. The Morgan fingerprint density at radius 2 is 1.72 bits per heavy atom. The van der Waals surface area contributed by atoms with Crippen molar-refractivity contribution < 1.29 is 0 Å². The maximum atomic E-state index is 3.93. The number of nitrogens with one attached hydrogen (secondary N) is 1. The summed E-state index contributed by atoms with van der Waals surface area (Å²) in [5, 5.41) is 3.93. The normalized spacial score (nSPS) is 32.5. The molecular formula is C16H32N2. The van der Waals surface area contributed by atoms with Gasteiger partial charge in [0.2, 0.25) is 0 Å². The smallest absolute Gasteiger partial charge is 0.0309 e. The van der Waals surface area contributed by atoms with Crippen molar-refractivity contribution in [2.45, 2.75) is 89.8 Å². The molecule has 1 atom stereocenters. The average Bonchev–Trinajstić information content (AvgIpc) is 2.84. The molecule has 2 aliphatic rings. The standard InChI is InChI=1S/C16H32N2/c1-5-14(6-2)18-13-16(10-8-9-11-16)17-12-15(18,4)7-3/h14,17H,5-13H2,1-4H3. The Morgan fingerprint density at radius 1 is 1.11 bits per heavy atom. The van der Waals surface area contributed by atoms with E-state index in [9.17, 15) is 0 Å². The van der Waals surface area contributed by atoms with Crippen LogP contribution in [0.25, 0.3) is 0 Å². The first-order valence-electron chi connectivity index (χ1n) is 8.11. The Balaban J connectivity index is 2.17. The highest BCUT2D eigenvalue weighted by Crippen LogP contribution is 2.38. The van der Waals surface area contributed by atoms with E-state index in [4.69, 9.17) is 0 Å². The molecule has 0 radical (unpaired) electrons. The number of piperazine rings is 1. The van der Waals surface area contributed by atoms with Crippen LogP contribution in [0.5, 0.6) is 0 Å².